The summed E-state index contributed by atoms with van der Waals surface area (Å²) in [5, 5.41) is 23.9. The molecule has 0 bridgehead atoms. The van der Waals surface area contributed by atoms with E-state index in [1.54, 1.807) is 0 Å². The number of nitrogens with one attached hydrogen (secondary N) is 3. The minimum Gasteiger partial charge on any atom is -0.394 e. The van der Waals surface area contributed by atoms with Gasteiger partial charge in [0, 0.05) is 25.2 Å². The number of rotatable bonds is 7. The largest absolute Gasteiger partial charge is 0.394 e. The first kappa shape index (κ1) is 29.3. The van der Waals surface area contributed by atoms with Crippen molar-refractivity contribution in [3.8, 4) is 11.4 Å². The molecule has 240 valence electrons. The zero-order valence-electron chi connectivity index (χ0n) is 25.0. The number of tetrazole rings is 1. The summed E-state index contributed by atoms with van der Waals surface area (Å²) in [5.41, 5.74) is 10.6. The molecule has 3 aromatic carbocycles. The highest BCUT2D eigenvalue weighted by atomic mass is 32.1. The summed E-state index contributed by atoms with van der Waals surface area (Å²) in [4.78, 5) is 56.7. The minimum absolute atomic E-state index is 0.00131. The number of hydrogen-bond acceptors (Lipinski definition) is 13. The lowest BCUT2D eigenvalue weighted by Gasteiger charge is -2.32. The maximum absolute atomic E-state index is 13.7. The van der Waals surface area contributed by atoms with Crippen LogP contribution in [0.25, 0.3) is 17.2 Å². The minimum atomic E-state index is -0.646. The number of fused-ring (bicyclic) bond motifs is 3. The fourth-order valence-electron chi connectivity index (χ4n) is 6.46. The second kappa shape index (κ2) is 11.3. The molecule has 8 rings (SSSR count). The number of nitrogens with two attached hydrogens (primary N) is 1. The molecule has 1 atom stereocenters. The topological polar surface area (TPSA) is 219 Å². The summed E-state index contributed by atoms with van der Waals surface area (Å²) in [5.74, 6) is -0.547. The molecule has 1 aliphatic heterocycles. The molecule has 6 aromatic rings. The van der Waals surface area contributed by atoms with Crippen LogP contribution in [0.15, 0.2) is 56.6 Å². The van der Waals surface area contributed by atoms with Crippen LogP contribution in [0.4, 0.5) is 11.4 Å². The van der Waals surface area contributed by atoms with Gasteiger partial charge in [-0.05, 0) is 81.8 Å². The van der Waals surface area contributed by atoms with Crippen LogP contribution in [0.1, 0.15) is 61.3 Å². The molecule has 0 radical (unpaired) electrons. The number of aryl methyl sites for hydroxylation is 1. The van der Waals surface area contributed by atoms with Crippen molar-refractivity contribution < 1.29 is 14.1 Å². The van der Waals surface area contributed by atoms with Crippen LogP contribution in [0, 0.1) is 4.84 Å². The predicted octanol–water partition coefficient (Wildman–Crippen LogP) is 1.32. The van der Waals surface area contributed by atoms with E-state index < -0.39 is 22.7 Å². The van der Waals surface area contributed by atoms with E-state index in [4.69, 9.17) is 22.5 Å². The maximum Gasteiger partial charge on any atom is 0.303 e. The summed E-state index contributed by atoms with van der Waals surface area (Å²) in [6, 6.07) is 12.7. The fraction of sp³-hybridized carbons (Fsp3) is 0.226. The van der Waals surface area contributed by atoms with Gasteiger partial charge in [-0.15, -0.1) is 10.2 Å². The van der Waals surface area contributed by atoms with Gasteiger partial charge in [0.25, 0.3) is 28.4 Å². The number of carbonyl (C=O) groups excluding carboxylic acids is 2. The standard InChI is InChI=1S/C31H25N11O5S/c32-23-24(26(44)25(23)43)41-8-7-15-2-1-14(9-18(15)13-41)12-33-28(45)21-11-22(42-30(35-21)38-47-31(42)48)29(46)34-20-6-4-16-10-17(3-5-19(16)20)27-36-39-40-37-27/h1-3,5,9-11,20H,4,6-8,12-13,32H2,(H,33,45)(H,34,46)(H,36,37,39,40)/t20-/m0/s1. The van der Waals surface area contributed by atoms with Crippen molar-refractivity contribution in [3.63, 3.8) is 0 Å². The summed E-state index contributed by atoms with van der Waals surface area (Å²) >= 11 is 5.27. The maximum atomic E-state index is 13.7. The average molecular weight is 664 g/mol. The summed E-state index contributed by atoms with van der Waals surface area (Å²) < 4.78 is 6.42. The van der Waals surface area contributed by atoms with Crippen LogP contribution in [0.5, 0.6) is 0 Å². The number of aromatic nitrogens is 7. The number of aromatic amines is 1. The van der Waals surface area contributed by atoms with Gasteiger partial charge in [-0.2, -0.15) is 5.21 Å². The average Bonchev–Trinajstić information content (AvgIpc) is 3.87. The Morgan fingerprint density at radius 1 is 1.04 bits per heavy atom. The zero-order valence-corrected chi connectivity index (χ0v) is 25.8. The smallest absolute Gasteiger partial charge is 0.303 e. The first-order valence-corrected chi connectivity index (χ1v) is 15.5. The molecule has 5 N–H and O–H groups in total. The highest BCUT2D eigenvalue weighted by Gasteiger charge is 2.29. The number of H-pyrrole nitrogens is 1. The lowest BCUT2D eigenvalue weighted by atomic mass is 9.96. The number of amides is 2. The second-order valence-corrected chi connectivity index (χ2v) is 12.1. The molecule has 0 unspecified atom stereocenters. The third-order valence-electron chi connectivity index (χ3n) is 8.89. The van der Waals surface area contributed by atoms with Gasteiger partial charge in [-0.25, -0.2) is 9.38 Å². The van der Waals surface area contributed by atoms with E-state index >= 15 is 0 Å². The first-order chi connectivity index (χ1) is 23.2. The van der Waals surface area contributed by atoms with Gasteiger partial charge >= 0.3 is 4.84 Å². The van der Waals surface area contributed by atoms with Crippen molar-refractivity contribution >= 4 is 41.2 Å². The lowest BCUT2D eigenvalue weighted by Crippen LogP contribution is -2.44. The predicted molar refractivity (Wildman–Crippen MR) is 172 cm³/mol. The van der Waals surface area contributed by atoms with E-state index in [1.807, 2.05) is 41.3 Å². The van der Waals surface area contributed by atoms with Gasteiger partial charge in [0.05, 0.1) is 6.04 Å². The fourth-order valence-corrected chi connectivity index (χ4v) is 6.67. The molecule has 1 aliphatic carbocycles. The van der Waals surface area contributed by atoms with Gasteiger partial charge in [-0.1, -0.05) is 30.3 Å². The Morgan fingerprint density at radius 3 is 2.73 bits per heavy atom. The quantitative estimate of drug-likeness (QED) is 0.140. The van der Waals surface area contributed by atoms with E-state index in [9.17, 15) is 19.2 Å². The molecule has 0 spiro atoms. The third kappa shape index (κ3) is 4.91. The number of benzene rings is 2. The van der Waals surface area contributed by atoms with Gasteiger partial charge in [0.15, 0.2) is 0 Å². The van der Waals surface area contributed by atoms with Crippen LogP contribution < -0.4 is 32.1 Å². The molecular formula is C31H25N11O5S. The Bertz CT molecular complexity index is 2410. The van der Waals surface area contributed by atoms with E-state index in [2.05, 4.69) is 41.4 Å². The number of nitrogens with zero attached hydrogens (tertiary/aromatic N) is 7. The number of nitrogen functional groups attached to an aromatic ring is 1. The Kier molecular flexibility index (Phi) is 6.90. The Labute approximate surface area is 274 Å². The van der Waals surface area contributed by atoms with Crippen molar-refractivity contribution in [1.82, 2.24) is 45.8 Å². The molecule has 2 amide bonds. The van der Waals surface area contributed by atoms with Crippen LogP contribution in [0.3, 0.4) is 0 Å². The van der Waals surface area contributed by atoms with Crippen LogP contribution in [-0.4, -0.2) is 53.5 Å². The summed E-state index contributed by atoms with van der Waals surface area (Å²) in [6.45, 7) is 1.16. The highest BCUT2D eigenvalue weighted by molar-refractivity contribution is 7.71. The lowest BCUT2D eigenvalue weighted by molar-refractivity contribution is 0.0929. The van der Waals surface area contributed by atoms with Gasteiger partial charge in [0.1, 0.15) is 22.8 Å². The summed E-state index contributed by atoms with van der Waals surface area (Å²) in [7, 11) is 0. The molecule has 2 aliphatic rings. The molecule has 0 saturated heterocycles. The molecule has 48 heavy (non-hydrogen) atoms. The zero-order chi connectivity index (χ0) is 33.1. The van der Waals surface area contributed by atoms with E-state index in [0.717, 1.165) is 39.8 Å². The summed E-state index contributed by atoms with van der Waals surface area (Å²) in [6.07, 6.45) is 2.09. The molecule has 0 saturated carbocycles. The van der Waals surface area contributed by atoms with Crippen molar-refractivity contribution in [2.24, 2.45) is 0 Å². The second-order valence-electron chi connectivity index (χ2n) is 11.7. The number of hydrogen-bond donors (Lipinski definition) is 4. The van der Waals surface area contributed by atoms with Crippen molar-refractivity contribution in [2.45, 2.75) is 38.4 Å². The third-order valence-corrected chi connectivity index (χ3v) is 9.15. The Hall–Kier alpha value is -6.10. The first-order valence-electron chi connectivity index (χ1n) is 15.0. The molecule has 0 fully saturated rings. The van der Waals surface area contributed by atoms with Gasteiger partial charge in [0.2, 0.25) is 5.82 Å². The van der Waals surface area contributed by atoms with Crippen LogP contribution >= 0.6 is 12.2 Å². The SMILES string of the molecule is Nc1c(N2CCc3ccc(CNC(=O)c4cc(C(=O)N[C@H]5CCc6cc(-c7nn[nH]n7)ccc65)n5c(=S)onc5n4)cc3C2)c(=O)c1=O. The monoisotopic (exact) mass is 663 g/mol. The molecule has 17 heteroatoms. The molecule has 16 nitrogen and oxygen atoms in total. The van der Waals surface area contributed by atoms with Crippen LogP contribution in [-0.2, 0) is 25.9 Å². The van der Waals surface area contributed by atoms with E-state index in [-0.39, 0.29) is 46.0 Å². The van der Waals surface area contributed by atoms with Crippen molar-refractivity contribution in [2.75, 3.05) is 17.2 Å². The van der Waals surface area contributed by atoms with Crippen molar-refractivity contribution in [1.29, 1.82) is 0 Å². The molecule has 4 heterocycles. The Balaban J connectivity index is 0.991. The van der Waals surface area contributed by atoms with E-state index in [0.29, 0.717) is 31.8 Å². The highest BCUT2D eigenvalue weighted by Crippen LogP contribution is 2.34. The molecule has 3 aromatic heterocycles. The number of carbonyl (C=O) groups is 2. The normalized spacial score (nSPS) is 15.4. The van der Waals surface area contributed by atoms with Gasteiger partial charge < -0.3 is 25.8 Å². The Morgan fingerprint density at radius 2 is 1.92 bits per heavy atom. The number of anilines is 2. The van der Waals surface area contributed by atoms with Crippen LogP contribution in [0.2, 0.25) is 0 Å². The molecular weight excluding hydrogens is 638 g/mol. The van der Waals surface area contributed by atoms with Gasteiger partial charge in [-0.3, -0.25) is 19.2 Å². The van der Waals surface area contributed by atoms with Crippen molar-refractivity contribution in [3.05, 3.63) is 107 Å². The van der Waals surface area contributed by atoms with E-state index in [1.165, 1.54) is 10.5 Å².